The van der Waals surface area contributed by atoms with Crippen LogP contribution < -0.4 is 11.1 Å². The number of nitrogens with two attached hydrogens (primary N) is 1. The summed E-state index contributed by atoms with van der Waals surface area (Å²) in [5.41, 5.74) is 5.82. The van der Waals surface area contributed by atoms with Gasteiger partial charge in [0.25, 0.3) is 0 Å². The first-order valence-corrected chi connectivity index (χ1v) is 8.35. The van der Waals surface area contributed by atoms with E-state index < -0.39 is 0 Å². The molecule has 1 amide bonds. The van der Waals surface area contributed by atoms with Crippen molar-refractivity contribution in [2.45, 2.75) is 64.5 Å². The summed E-state index contributed by atoms with van der Waals surface area (Å²) < 4.78 is 0. The van der Waals surface area contributed by atoms with Crippen LogP contribution in [-0.2, 0) is 4.79 Å². The van der Waals surface area contributed by atoms with Gasteiger partial charge in [0, 0.05) is 18.6 Å². The maximum absolute atomic E-state index is 12.3. The molecule has 1 saturated carbocycles. The summed E-state index contributed by atoms with van der Waals surface area (Å²) in [5.74, 6) is 1.51. The van der Waals surface area contributed by atoms with Gasteiger partial charge in [-0.25, -0.2) is 0 Å². The summed E-state index contributed by atoms with van der Waals surface area (Å²) in [4.78, 5) is 14.6. The van der Waals surface area contributed by atoms with Gasteiger partial charge >= 0.3 is 0 Å². The molecule has 0 aromatic rings. The molecular formula is C16H31N3O. The standard InChI is InChI=1S/C16H31N3O/c1-12-6-5-8-15(13(12)2)18-16(20)11-19-9-4-3-7-14(19)10-17/h12-15H,3-11,17H2,1-2H3,(H,18,20). The highest BCUT2D eigenvalue weighted by Crippen LogP contribution is 2.29. The molecule has 4 heteroatoms. The number of hydrogen-bond donors (Lipinski definition) is 2. The number of carbonyl (C=O) groups excluding carboxylic acids is 1. The molecule has 2 fully saturated rings. The van der Waals surface area contributed by atoms with Crippen molar-refractivity contribution in [3.8, 4) is 0 Å². The first kappa shape index (κ1) is 15.8. The van der Waals surface area contributed by atoms with Crippen molar-refractivity contribution < 1.29 is 4.79 Å². The number of rotatable bonds is 4. The molecule has 4 unspecified atom stereocenters. The second-order valence-corrected chi connectivity index (χ2v) is 6.80. The molecule has 1 saturated heterocycles. The lowest BCUT2D eigenvalue weighted by Crippen LogP contribution is -2.51. The van der Waals surface area contributed by atoms with Crippen LogP contribution in [0.5, 0.6) is 0 Å². The Kier molecular flexibility index (Phi) is 5.85. The molecule has 0 spiro atoms. The van der Waals surface area contributed by atoms with Crippen LogP contribution in [0.2, 0.25) is 0 Å². The molecule has 4 nitrogen and oxygen atoms in total. The van der Waals surface area contributed by atoms with Crippen LogP contribution in [0.15, 0.2) is 0 Å². The van der Waals surface area contributed by atoms with Gasteiger partial charge in [-0.2, -0.15) is 0 Å². The molecule has 4 atom stereocenters. The molecule has 0 radical (unpaired) electrons. The van der Waals surface area contributed by atoms with Crippen LogP contribution in [0.3, 0.4) is 0 Å². The number of amides is 1. The summed E-state index contributed by atoms with van der Waals surface area (Å²) in [5, 5.41) is 3.27. The van der Waals surface area contributed by atoms with E-state index in [2.05, 4.69) is 24.1 Å². The minimum atomic E-state index is 0.191. The van der Waals surface area contributed by atoms with Gasteiger partial charge in [0.15, 0.2) is 0 Å². The molecular weight excluding hydrogens is 250 g/mol. The molecule has 0 aromatic carbocycles. The minimum Gasteiger partial charge on any atom is -0.352 e. The fourth-order valence-electron chi connectivity index (χ4n) is 3.76. The zero-order valence-corrected chi connectivity index (χ0v) is 13.1. The van der Waals surface area contributed by atoms with Gasteiger partial charge in [-0.3, -0.25) is 9.69 Å². The van der Waals surface area contributed by atoms with Crippen molar-refractivity contribution in [3.05, 3.63) is 0 Å². The Morgan fingerprint density at radius 2 is 2.00 bits per heavy atom. The molecule has 20 heavy (non-hydrogen) atoms. The molecule has 1 aliphatic heterocycles. The fraction of sp³-hybridized carbons (Fsp3) is 0.938. The Morgan fingerprint density at radius 3 is 2.75 bits per heavy atom. The van der Waals surface area contributed by atoms with Crippen molar-refractivity contribution in [2.75, 3.05) is 19.6 Å². The molecule has 1 aliphatic carbocycles. The number of nitrogens with zero attached hydrogens (tertiary/aromatic N) is 1. The van der Waals surface area contributed by atoms with Crippen LogP contribution in [0.1, 0.15) is 52.4 Å². The number of carbonyl (C=O) groups is 1. The number of likely N-dealkylation sites (tertiary alicyclic amines) is 1. The van der Waals surface area contributed by atoms with Crippen molar-refractivity contribution in [1.82, 2.24) is 10.2 Å². The lowest BCUT2D eigenvalue weighted by molar-refractivity contribution is -0.124. The Morgan fingerprint density at radius 1 is 1.20 bits per heavy atom. The zero-order chi connectivity index (χ0) is 14.5. The third-order valence-corrected chi connectivity index (χ3v) is 5.42. The van der Waals surface area contributed by atoms with Gasteiger partial charge < -0.3 is 11.1 Å². The van der Waals surface area contributed by atoms with E-state index in [1.807, 2.05) is 0 Å². The monoisotopic (exact) mass is 281 g/mol. The zero-order valence-electron chi connectivity index (χ0n) is 13.1. The average molecular weight is 281 g/mol. The molecule has 3 N–H and O–H groups in total. The van der Waals surface area contributed by atoms with Gasteiger partial charge in [-0.05, 0) is 37.6 Å². The van der Waals surface area contributed by atoms with E-state index in [-0.39, 0.29) is 5.91 Å². The summed E-state index contributed by atoms with van der Waals surface area (Å²) >= 11 is 0. The second-order valence-electron chi connectivity index (χ2n) is 6.80. The molecule has 0 aromatic heterocycles. The Balaban J connectivity index is 1.82. The predicted molar refractivity (Wildman–Crippen MR) is 82.4 cm³/mol. The molecule has 2 rings (SSSR count). The van der Waals surface area contributed by atoms with Gasteiger partial charge in [0.05, 0.1) is 6.54 Å². The molecule has 0 bridgehead atoms. The average Bonchev–Trinajstić information content (AvgIpc) is 2.44. The Labute approximate surface area is 123 Å². The lowest BCUT2D eigenvalue weighted by atomic mass is 9.78. The fourth-order valence-corrected chi connectivity index (χ4v) is 3.76. The smallest absolute Gasteiger partial charge is 0.234 e. The van der Waals surface area contributed by atoms with Crippen molar-refractivity contribution >= 4 is 5.91 Å². The van der Waals surface area contributed by atoms with Gasteiger partial charge in [-0.1, -0.05) is 33.1 Å². The quantitative estimate of drug-likeness (QED) is 0.825. The van der Waals surface area contributed by atoms with Gasteiger partial charge in [-0.15, -0.1) is 0 Å². The van der Waals surface area contributed by atoms with E-state index in [1.54, 1.807) is 0 Å². The summed E-state index contributed by atoms with van der Waals surface area (Å²) in [6.45, 7) is 6.80. The van der Waals surface area contributed by atoms with Gasteiger partial charge in [0.2, 0.25) is 5.91 Å². The second kappa shape index (κ2) is 7.41. The van der Waals surface area contributed by atoms with Crippen molar-refractivity contribution in [3.63, 3.8) is 0 Å². The number of nitrogens with one attached hydrogen (secondary N) is 1. The van der Waals surface area contributed by atoms with E-state index in [9.17, 15) is 4.79 Å². The van der Waals surface area contributed by atoms with Gasteiger partial charge in [0.1, 0.15) is 0 Å². The minimum absolute atomic E-state index is 0.191. The van der Waals surface area contributed by atoms with Crippen LogP contribution >= 0.6 is 0 Å². The third-order valence-electron chi connectivity index (χ3n) is 5.42. The van der Waals surface area contributed by atoms with Crippen molar-refractivity contribution in [1.29, 1.82) is 0 Å². The van der Waals surface area contributed by atoms with Crippen LogP contribution in [0.4, 0.5) is 0 Å². The van der Waals surface area contributed by atoms with Crippen LogP contribution in [0, 0.1) is 11.8 Å². The first-order valence-electron chi connectivity index (χ1n) is 8.35. The van der Waals surface area contributed by atoms with Crippen LogP contribution in [0.25, 0.3) is 0 Å². The topological polar surface area (TPSA) is 58.4 Å². The Hall–Kier alpha value is -0.610. The largest absolute Gasteiger partial charge is 0.352 e. The highest BCUT2D eigenvalue weighted by atomic mass is 16.2. The van der Waals surface area contributed by atoms with E-state index in [0.29, 0.717) is 31.1 Å². The Bertz CT molecular complexity index is 309. The normalized spacial score (nSPS) is 35.8. The summed E-state index contributed by atoms with van der Waals surface area (Å²) in [7, 11) is 0. The number of piperidine rings is 1. The van der Waals surface area contributed by atoms with E-state index in [1.165, 1.54) is 25.7 Å². The van der Waals surface area contributed by atoms with Crippen LogP contribution in [-0.4, -0.2) is 42.5 Å². The summed E-state index contributed by atoms with van der Waals surface area (Å²) in [6.07, 6.45) is 7.26. The van der Waals surface area contributed by atoms with E-state index in [4.69, 9.17) is 5.73 Å². The summed E-state index contributed by atoms with van der Waals surface area (Å²) in [6, 6.07) is 0.768. The van der Waals surface area contributed by atoms with E-state index >= 15 is 0 Å². The SMILES string of the molecule is CC1CCCC(NC(=O)CN2CCCCC2CN)C1C. The molecule has 116 valence electrons. The lowest BCUT2D eigenvalue weighted by Gasteiger charge is -2.37. The molecule has 1 heterocycles. The highest BCUT2D eigenvalue weighted by molar-refractivity contribution is 5.78. The maximum Gasteiger partial charge on any atom is 0.234 e. The van der Waals surface area contributed by atoms with Crippen molar-refractivity contribution in [2.24, 2.45) is 17.6 Å². The highest BCUT2D eigenvalue weighted by Gasteiger charge is 2.29. The maximum atomic E-state index is 12.3. The third kappa shape index (κ3) is 3.95. The molecule has 2 aliphatic rings. The predicted octanol–water partition coefficient (Wildman–Crippen LogP) is 1.74. The number of hydrogen-bond acceptors (Lipinski definition) is 3. The first-order chi connectivity index (χ1) is 9.61. The van der Waals surface area contributed by atoms with E-state index in [0.717, 1.165) is 25.3 Å².